The molecule has 1 aromatic heterocycles. The highest BCUT2D eigenvalue weighted by molar-refractivity contribution is 7.10. The Balaban J connectivity index is 1.56. The molecule has 1 unspecified atom stereocenters. The maximum Gasteiger partial charge on any atom is 0.337 e. The molecule has 0 aliphatic carbocycles. The van der Waals surface area contributed by atoms with E-state index in [4.69, 9.17) is 9.47 Å². The van der Waals surface area contributed by atoms with E-state index in [-0.39, 0.29) is 18.5 Å². The van der Waals surface area contributed by atoms with Gasteiger partial charge in [-0.3, -0.25) is 0 Å². The zero-order valence-corrected chi connectivity index (χ0v) is 20.8. The summed E-state index contributed by atoms with van der Waals surface area (Å²) in [6.45, 7) is 4.68. The van der Waals surface area contributed by atoms with E-state index in [1.807, 2.05) is 36.6 Å². The van der Waals surface area contributed by atoms with Gasteiger partial charge in [0.1, 0.15) is 6.61 Å². The lowest BCUT2D eigenvalue weighted by Crippen LogP contribution is -2.30. The van der Waals surface area contributed by atoms with Gasteiger partial charge in [-0.2, -0.15) is 0 Å². The van der Waals surface area contributed by atoms with Crippen LogP contribution in [0, 0.1) is 0 Å². The van der Waals surface area contributed by atoms with E-state index in [1.165, 1.54) is 24.8 Å². The van der Waals surface area contributed by atoms with Crippen molar-refractivity contribution < 1.29 is 19.1 Å². The monoisotopic (exact) mass is 479 g/mol. The maximum atomic E-state index is 13.3. The highest BCUT2D eigenvalue weighted by Gasteiger charge is 2.42. The lowest BCUT2D eigenvalue weighted by Gasteiger charge is -2.28. The van der Waals surface area contributed by atoms with Crippen LogP contribution in [0.1, 0.15) is 74.3 Å². The predicted octanol–water partition coefficient (Wildman–Crippen LogP) is 6.01. The molecule has 0 fully saturated rings. The Hall–Kier alpha value is -2.86. The smallest absolute Gasteiger partial charge is 0.337 e. The largest absolute Gasteiger partial charge is 0.462 e. The summed E-state index contributed by atoms with van der Waals surface area (Å²) in [5.41, 5.74) is 4.69. The second-order valence-electron chi connectivity index (χ2n) is 8.93. The van der Waals surface area contributed by atoms with Gasteiger partial charge in [0, 0.05) is 17.0 Å². The van der Waals surface area contributed by atoms with Crippen LogP contribution in [0.15, 0.2) is 64.3 Å². The van der Waals surface area contributed by atoms with Crippen molar-refractivity contribution in [2.24, 2.45) is 0 Å². The third-order valence-corrected chi connectivity index (χ3v) is 7.40. The molecule has 5 nitrogen and oxygen atoms in total. The predicted molar refractivity (Wildman–Crippen MR) is 134 cm³/mol. The average molecular weight is 480 g/mol. The SMILES string of the molecule is CCCCCCCCOC(=O)C1=C(C)NC2=C(C(=O)OC2)C1c1ccsc1Cc1ccccc1. The molecule has 6 heteroatoms. The first-order chi connectivity index (χ1) is 16.6. The molecule has 0 spiro atoms. The number of esters is 2. The molecule has 0 radical (unpaired) electrons. The minimum atomic E-state index is -0.478. The lowest BCUT2D eigenvalue weighted by atomic mass is 9.80. The summed E-state index contributed by atoms with van der Waals surface area (Å²) in [7, 11) is 0. The van der Waals surface area contributed by atoms with Crippen molar-refractivity contribution in [1.82, 2.24) is 5.32 Å². The second kappa shape index (κ2) is 11.5. The number of hydrogen-bond acceptors (Lipinski definition) is 6. The van der Waals surface area contributed by atoms with Gasteiger partial charge in [-0.15, -0.1) is 11.3 Å². The molecule has 34 heavy (non-hydrogen) atoms. The zero-order valence-electron chi connectivity index (χ0n) is 20.0. The maximum absolute atomic E-state index is 13.3. The molecule has 0 bridgehead atoms. The average Bonchev–Trinajstić information content (AvgIpc) is 3.44. The number of thiophene rings is 1. The van der Waals surface area contributed by atoms with E-state index in [0.29, 0.717) is 17.8 Å². The number of nitrogens with one attached hydrogen (secondary N) is 1. The molecule has 4 rings (SSSR count). The number of allylic oxidation sites excluding steroid dienone is 1. The van der Waals surface area contributed by atoms with Crippen LogP contribution < -0.4 is 5.32 Å². The standard InChI is InChI=1S/C28H33NO4S/c1-3-4-5-6-7-11-15-32-27(30)24-19(2)29-22-18-33-28(31)26(22)25(24)21-14-16-34-23(21)17-20-12-9-8-10-13-20/h8-10,12-14,16,25,29H,3-7,11,15,17-18H2,1-2H3. The molecule has 2 aromatic rings. The Morgan fingerprint density at radius 3 is 2.68 bits per heavy atom. The van der Waals surface area contributed by atoms with Crippen molar-refractivity contribution in [2.45, 2.75) is 64.7 Å². The lowest BCUT2D eigenvalue weighted by molar-refractivity contribution is -0.139. The van der Waals surface area contributed by atoms with Gasteiger partial charge in [0.2, 0.25) is 0 Å². The van der Waals surface area contributed by atoms with Crippen LogP contribution in [0.3, 0.4) is 0 Å². The molecule has 0 amide bonds. The number of unbranched alkanes of at least 4 members (excludes halogenated alkanes) is 5. The Morgan fingerprint density at radius 2 is 1.88 bits per heavy atom. The Morgan fingerprint density at radius 1 is 1.12 bits per heavy atom. The fraction of sp³-hybridized carbons (Fsp3) is 0.429. The third-order valence-electron chi connectivity index (χ3n) is 6.46. The molecule has 1 atom stereocenters. The van der Waals surface area contributed by atoms with Crippen LogP contribution in [-0.2, 0) is 25.5 Å². The summed E-state index contributed by atoms with van der Waals surface area (Å²) in [5.74, 6) is -1.20. The minimum absolute atomic E-state index is 0.209. The van der Waals surface area contributed by atoms with Gasteiger partial charge in [0.05, 0.1) is 29.4 Å². The molecule has 1 aromatic carbocycles. The fourth-order valence-corrected chi connectivity index (χ4v) is 5.66. The van der Waals surface area contributed by atoms with Gasteiger partial charge in [0.15, 0.2) is 0 Å². The van der Waals surface area contributed by atoms with Crippen molar-refractivity contribution in [3.63, 3.8) is 0 Å². The number of carbonyl (C=O) groups excluding carboxylic acids is 2. The van der Waals surface area contributed by atoms with Crippen LogP contribution in [0.4, 0.5) is 0 Å². The summed E-state index contributed by atoms with van der Waals surface area (Å²) in [6.07, 6.45) is 7.51. The zero-order chi connectivity index (χ0) is 23.9. The minimum Gasteiger partial charge on any atom is -0.462 e. The van der Waals surface area contributed by atoms with Gasteiger partial charge in [0.25, 0.3) is 0 Å². The number of dihydropyridines is 1. The summed E-state index contributed by atoms with van der Waals surface area (Å²) >= 11 is 1.65. The van der Waals surface area contributed by atoms with Gasteiger partial charge >= 0.3 is 11.9 Å². The topological polar surface area (TPSA) is 64.6 Å². The van der Waals surface area contributed by atoms with Crippen LogP contribution in [-0.4, -0.2) is 25.2 Å². The third kappa shape index (κ3) is 5.44. The number of ether oxygens (including phenoxy) is 2. The van der Waals surface area contributed by atoms with E-state index < -0.39 is 5.92 Å². The summed E-state index contributed by atoms with van der Waals surface area (Å²) in [5, 5.41) is 5.27. The molecular formula is C28H33NO4S. The van der Waals surface area contributed by atoms with Crippen LogP contribution >= 0.6 is 11.3 Å². The van der Waals surface area contributed by atoms with Gasteiger partial charge in [-0.25, -0.2) is 9.59 Å². The first-order valence-corrected chi connectivity index (χ1v) is 13.1. The molecule has 2 aliphatic heterocycles. The summed E-state index contributed by atoms with van der Waals surface area (Å²) < 4.78 is 11.1. The molecule has 0 saturated heterocycles. The highest BCUT2D eigenvalue weighted by atomic mass is 32.1. The van der Waals surface area contributed by atoms with Crippen LogP contribution in [0.2, 0.25) is 0 Å². The van der Waals surface area contributed by atoms with Gasteiger partial charge in [-0.1, -0.05) is 69.4 Å². The molecule has 0 saturated carbocycles. The van der Waals surface area contributed by atoms with E-state index in [1.54, 1.807) is 11.3 Å². The number of rotatable bonds is 11. The molecule has 3 heterocycles. The number of cyclic esters (lactones) is 1. The Kier molecular flexibility index (Phi) is 8.22. The van der Waals surface area contributed by atoms with Gasteiger partial charge in [-0.05, 0) is 35.9 Å². The Labute approximate surface area is 205 Å². The van der Waals surface area contributed by atoms with Crippen molar-refractivity contribution in [3.8, 4) is 0 Å². The van der Waals surface area contributed by atoms with E-state index in [2.05, 4.69) is 24.4 Å². The number of carbonyl (C=O) groups is 2. The van der Waals surface area contributed by atoms with Crippen LogP contribution in [0.5, 0.6) is 0 Å². The summed E-state index contributed by atoms with van der Waals surface area (Å²) in [6, 6.07) is 12.3. The normalized spacial score (nSPS) is 17.5. The van der Waals surface area contributed by atoms with Crippen LogP contribution in [0.25, 0.3) is 0 Å². The van der Waals surface area contributed by atoms with Crippen molar-refractivity contribution in [3.05, 3.63) is 80.3 Å². The van der Waals surface area contributed by atoms with Gasteiger partial charge < -0.3 is 14.8 Å². The Bertz CT molecular complexity index is 1080. The molecule has 180 valence electrons. The highest BCUT2D eigenvalue weighted by Crippen LogP contribution is 2.44. The van der Waals surface area contributed by atoms with Crippen molar-refractivity contribution >= 4 is 23.3 Å². The quantitative estimate of drug-likeness (QED) is 0.316. The van der Waals surface area contributed by atoms with Crippen molar-refractivity contribution in [1.29, 1.82) is 0 Å². The first-order valence-electron chi connectivity index (χ1n) is 12.3. The molecular weight excluding hydrogens is 446 g/mol. The van der Waals surface area contributed by atoms with E-state index in [0.717, 1.165) is 47.5 Å². The second-order valence-corrected chi connectivity index (χ2v) is 9.93. The van der Waals surface area contributed by atoms with E-state index in [9.17, 15) is 9.59 Å². The summed E-state index contributed by atoms with van der Waals surface area (Å²) in [4.78, 5) is 27.2. The number of hydrogen-bond donors (Lipinski definition) is 1. The first kappa shape index (κ1) is 24.3. The van der Waals surface area contributed by atoms with Crippen molar-refractivity contribution in [2.75, 3.05) is 13.2 Å². The van der Waals surface area contributed by atoms with E-state index >= 15 is 0 Å². The molecule has 1 N–H and O–H groups in total. The fourth-order valence-electron chi connectivity index (χ4n) is 4.71. The number of benzene rings is 1. The molecule has 2 aliphatic rings.